The number of fused-ring (bicyclic) bond motifs is 1. The monoisotopic (exact) mass is 285 g/mol. The normalized spacial score (nSPS) is 12.1. The van der Waals surface area contributed by atoms with E-state index in [1.807, 2.05) is 13.8 Å². The fourth-order valence-electron chi connectivity index (χ4n) is 2.06. The first-order valence-electron chi connectivity index (χ1n) is 6.17. The number of H-pyrrole nitrogens is 1. The van der Waals surface area contributed by atoms with E-state index in [0.717, 1.165) is 0 Å². The molecule has 0 spiro atoms. The first-order chi connectivity index (χ1) is 9.26. The zero-order valence-corrected chi connectivity index (χ0v) is 11.0. The van der Waals surface area contributed by atoms with Gasteiger partial charge in [-0.05, 0) is 24.5 Å². The van der Waals surface area contributed by atoms with Crippen LogP contribution in [0.3, 0.4) is 0 Å². The van der Waals surface area contributed by atoms with Crippen LogP contribution in [0, 0.1) is 5.92 Å². The topological polar surface area (TPSA) is 42.1 Å². The molecule has 0 saturated heterocycles. The Morgan fingerprint density at radius 2 is 2.00 bits per heavy atom. The Kier molecular flexibility index (Phi) is 3.74. The second kappa shape index (κ2) is 5.19. The number of aromatic nitrogens is 1. The lowest BCUT2D eigenvalue weighted by molar-refractivity contribution is -0.274. The number of benzene rings is 1. The van der Waals surface area contributed by atoms with E-state index in [0.29, 0.717) is 12.1 Å². The van der Waals surface area contributed by atoms with Crippen molar-refractivity contribution in [3.63, 3.8) is 0 Å². The average molecular weight is 285 g/mol. The molecule has 1 aromatic carbocycles. The molecule has 108 valence electrons. The van der Waals surface area contributed by atoms with Crippen molar-refractivity contribution in [1.29, 1.82) is 0 Å². The van der Waals surface area contributed by atoms with Crippen molar-refractivity contribution < 1.29 is 17.9 Å². The Labute approximate surface area is 113 Å². The lowest BCUT2D eigenvalue weighted by atomic mass is 10.1. The number of aromatic amines is 1. The van der Waals surface area contributed by atoms with Crippen molar-refractivity contribution in [2.45, 2.75) is 26.6 Å². The number of ether oxygens (including phenoxy) is 1. The number of hydrogen-bond donors (Lipinski definition) is 1. The quantitative estimate of drug-likeness (QED) is 0.935. The molecule has 1 heterocycles. The molecular weight excluding hydrogens is 271 g/mol. The highest BCUT2D eigenvalue weighted by Gasteiger charge is 2.32. The zero-order chi connectivity index (χ0) is 14.9. The smallest absolute Gasteiger partial charge is 0.404 e. The molecule has 0 radical (unpaired) electrons. The highest BCUT2D eigenvalue weighted by atomic mass is 19.4. The van der Waals surface area contributed by atoms with Crippen LogP contribution in [0.5, 0.6) is 5.75 Å². The van der Waals surface area contributed by atoms with E-state index in [-0.39, 0.29) is 22.2 Å². The van der Waals surface area contributed by atoms with Gasteiger partial charge in [0.05, 0.1) is 5.52 Å². The van der Waals surface area contributed by atoms with Gasteiger partial charge in [-0.15, -0.1) is 13.2 Å². The van der Waals surface area contributed by atoms with Gasteiger partial charge in [0.1, 0.15) is 0 Å². The van der Waals surface area contributed by atoms with E-state index in [2.05, 4.69) is 9.72 Å². The maximum atomic E-state index is 12.4. The fourth-order valence-corrected chi connectivity index (χ4v) is 2.06. The molecule has 1 N–H and O–H groups in total. The number of nitrogens with one attached hydrogen (secondary N) is 1. The lowest BCUT2D eigenvalue weighted by Gasteiger charge is -2.12. The minimum absolute atomic E-state index is 0.0768. The Bertz CT molecular complexity index is 674. The van der Waals surface area contributed by atoms with Crippen LogP contribution in [0.15, 0.2) is 29.1 Å². The molecule has 2 rings (SSSR count). The fraction of sp³-hybridized carbons (Fsp3) is 0.357. The number of para-hydroxylation sites is 1. The summed E-state index contributed by atoms with van der Waals surface area (Å²) in [6, 6.07) is 5.43. The van der Waals surface area contributed by atoms with Gasteiger partial charge in [-0.25, -0.2) is 0 Å². The van der Waals surface area contributed by atoms with Crippen LogP contribution in [0.1, 0.15) is 19.5 Å². The summed E-state index contributed by atoms with van der Waals surface area (Å²) in [4.78, 5) is 14.8. The van der Waals surface area contributed by atoms with Gasteiger partial charge < -0.3 is 9.72 Å². The molecule has 1 aromatic heterocycles. The van der Waals surface area contributed by atoms with Crippen molar-refractivity contribution >= 4 is 10.9 Å². The molecular formula is C14H14F3NO2. The van der Waals surface area contributed by atoms with Crippen LogP contribution in [-0.2, 0) is 6.42 Å². The van der Waals surface area contributed by atoms with Crippen LogP contribution in [-0.4, -0.2) is 11.3 Å². The number of pyridine rings is 1. The third kappa shape index (κ3) is 3.31. The molecule has 0 aliphatic heterocycles. The first-order valence-corrected chi connectivity index (χ1v) is 6.17. The van der Waals surface area contributed by atoms with Gasteiger partial charge in [0.15, 0.2) is 11.2 Å². The lowest BCUT2D eigenvalue weighted by Crippen LogP contribution is -2.18. The molecule has 6 heteroatoms. The van der Waals surface area contributed by atoms with E-state index in [4.69, 9.17) is 0 Å². The second-order valence-electron chi connectivity index (χ2n) is 4.98. The van der Waals surface area contributed by atoms with Crippen molar-refractivity contribution in [2.75, 3.05) is 0 Å². The third-order valence-electron chi connectivity index (χ3n) is 2.74. The van der Waals surface area contributed by atoms with E-state index in [9.17, 15) is 18.0 Å². The molecule has 0 amide bonds. The van der Waals surface area contributed by atoms with E-state index in [1.54, 1.807) is 0 Å². The molecule has 0 bridgehead atoms. The molecule has 0 unspecified atom stereocenters. The Morgan fingerprint density at radius 3 is 2.60 bits per heavy atom. The summed E-state index contributed by atoms with van der Waals surface area (Å²) >= 11 is 0. The maximum absolute atomic E-state index is 12.4. The van der Waals surface area contributed by atoms with Gasteiger partial charge in [-0.1, -0.05) is 19.9 Å². The summed E-state index contributed by atoms with van der Waals surface area (Å²) in [7, 11) is 0. The zero-order valence-electron chi connectivity index (χ0n) is 11.0. The molecule has 0 fully saturated rings. The van der Waals surface area contributed by atoms with Gasteiger partial charge in [0, 0.05) is 17.1 Å². The average Bonchev–Trinajstić information content (AvgIpc) is 2.27. The Morgan fingerprint density at radius 1 is 1.30 bits per heavy atom. The molecule has 2 aromatic rings. The molecule has 20 heavy (non-hydrogen) atoms. The minimum atomic E-state index is -4.79. The number of halogens is 3. The summed E-state index contributed by atoms with van der Waals surface area (Å²) in [5, 5.41) is 0.180. The van der Waals surface area contributed by atoms with E-state index in [1.165, 1.54) is 24.3 Å². The summed E-state index contributed by atoms with van der Waals surface area (Å²) < 4.78 is 41.1. The van der Waals surface area contributed by atoms with Crippen LogP contribution >= 0.6 is 0 Å². The summed E-state index contributed by atoms with van der Waals surface area (Å²) in [6.07, 6.45) is -4.22. The predicted octanol–water partition coefficient (Wildman–Crippen LogP) is 3.63. The summed E-state index contributed by atoms with van der Waals surface area (Å²) in [5.74, 6) is -0.114. The van der Waals surface area contributed by atoms with Crippen molar-refractivity contribution in [1.82, 2.24) is 4.98 Å². The molecule has 3 nitrogen and oxygen atoms in total. The predicted molar refractivity (Wildman–Crippen MR) is 69.8 cm³/mol. The van der Waals surface area contributed by atoms with E-state index >= 15 is 0 Å². The molecule has 0 aliphatic rings. The van der Waals surface area contributed by atoms with Crippen molar-refractivity contribution in [3.05, 3.63) is 40.2 Å². The third-order valence-corrected chi connectivity index (χ3v) is 2.74. The van der Waals surface area contributed by atoms with Crippen molar-refractivity contribution in [3.8, 4) is 5.75 Å². The number of alkyl halides is 3. The summed E-state index contributed by atoms with van der Waals surface area (Å²) in [5.41, 5.74) is 0.353. The Hall–Kier alpha value is -1.98. The highest BCUT2D eigenvalue weighted by molar-refractivity contribution is 5.84. The molecule has 0 aliphatic carbocycles. The minimum Gasteiger partial charge on any atom is -0.404 e. The molecule has 0 saturated carbocycles. The SMILES string of the molecule is CC(C)Cc1cc(=O)c2cccc(OC(F)(F)F)c2[nH]1. The van der Waals surface area contributed by atoms with E-state index < -0.39 is 12.1 Å². The van der Waals surface area contributed by atoms with Crippen LogP contribution < -0.4 is 10.2 Å². The largest absolute Gasteiger partial charge is 0.573 e. The van der Waals surface area contributed by atoms with Gasteiger partial charge in [0.2, 0.25) is 0 Å². The maximum Gasteiger partial charge on any atom is 0.573 e. The van der Waals surface area contributed by atoms with Crippen LogP contribution in [0.25, 0.3) is 10.9 Å². The second-order valence-corrected chi connectivity index (χ2v) is 4.98. The van der Waals surface area contributed by atoms with Gasteiger partial charge in [-0.3, -0.25) is 4.79 Å². The van der Waals surface area contributed by atoms with Gasteiger partial charge in [0.25, 0.3) is 0 Å². The number of hydrogen-bond acceptors (Lipinski definition) is 2. The van der Waals surface area contributed by atoms with Crippen molar-refractivity contribution in [2.24, 2.45) is 5.92 Å². The standard InChI is InChI=1S/C14H14F3NO2/c1-8(2)6-9-7-11(19)10-4-3-5-12(13(10)18-9)20-14(15,16)17/h3-5,7-8H,6H2,1-2H3,(H,18,19). The highest BCUT2D eigenvalue weighted by Crippen LogP contribution is 2.28. The molecule has 0 atom stereocenters. The Balaban J connectivity index is 2.59. The first kappa shape index (κ1) is 14.4. The van der Waals surface area contributed by atoms with Gasteiger partial charge >= 0.3 is 6.36 Å². The number of rotatable bonds is 3. The van der Waals surface area contributed by atoms with Crippen LogP contribution in [0.2, 0.25) is 0 Å². The van der Waals surface area contributed by atoms with Gasteiger partial charge in [-0.2, -0.15) is 0 Å². The van der Waals surface area contributed by atoms with Crippen LogP contribution in [0.4, 0.5) is 13.2 Å². The summed E-state index contributed by atoms with van der Waals surface area (Å²) in [6.45, 7) is 3.92.